The van der Waals surface area contributed by atoms with E-state index in [-0.39, 0.29) is 11.9 Å². The van der Waals surface area contributed by atoms with E-state index >= 15 is 0 Å². The van der Waals surface area contributed by atoms with Crippen molar-refractivity contribution >= 4 is 0 Å². The molecule has 110 valence electrons. The van der Waals surface area contributed by atoms with Crippen molar-refractivity contribution in [3.63, 3.8) is 0 Å². The van der Waals surface area contributed by atoms with Gasteiger partial charge in [-0.1, -0.05) is 6.07 Å². The molecule has 2 aliphatic rings. The van der Waals surface area contributed by atoms with Crippen LogP contribution in [0.2, 0.25) is 0 Å². The van der Waals surface area contributed by atoms with Gasteiger partial charge in [-0.15, -0.1) is 0 Å². The number of benzene rings is 1. The highest BCUT2D eigenvalue weighted by atomic mass is 19.1. The van der Waals surface area contributed by atoms with Gasteiger partial charge in [0.05, 0.1) is 0 Å². The molecule has 20 heavy (non-hydrogen) atoms. The molecule has 0 radical (unpaired) electrons. The van der Waals surface area contributed by atoms with E-state index in [1.807, 2.05) is 14.0 Å². The third kappa shape index (κ3) is 2.49. The average Bonchev–Trinajstić information content (AvgIpc) is 2.62. The summed E-state index contributed by atoms with van der Waals surface area (Å²) in [5, 5.41) is 3.44. The molecule has 0 aliphatic carbocycles. The minimum Gasteiger partial charge on any atom is -0.313 e. The number of rotatable bonds is 3. The zero-order valence-corrected chi connectivity index (χ0v) is 12.7. The second-order valence-corrected chi connectivity index (χ2v) is 6.61. The highest BCUT2D eigenvalue weighted by Crippen LogP contribution is 2.42. The van der Waals surface area contributed by atoms with Crippen molar-refractivity contribution in [1.29, 1.82) is 0 Å². The van der Waals surface area contributed by atoms with Crippen LogP contribution in [0, 0.1) is 18.7 Å². The first-order valence-corrected chi connectivity index (χ1v) is 7.74. The van der Waals surface area contributed by atoms with Gasteiger partial charge in [0.25, 0.3) is 0 Å². The summed E-state index contributed by atoms with van der Waals surface area (Å²) >= 11 is 0. The number of hydrogen-bond donors (Lipinski definition) is 1. The Bertz CT molecular complexity index is 454. The second kappa shape index (κ2) is 5.45. The Kier molecular flexibility index (Phi) is 3.83. The molecule has 2 nitrogen and oxygen atoms in total. The molecular formula is C17H25FN2. The van der Waals surface area contributed by atoms with Crippen molar-refractivity contribution in [2.45, 2.75) is 50.7 Å². The molecule has 2 bridgehead atoms. The van der Waals surface area contributed by atoms with E-state index in [1.165, 1.54) is 25.7 Å². The van der Waals surface area contributed by atoms with Crippen LogP contribution in [0.15, 0.2) is 18.2 Å². The average molecular weight is 276 g/mol. The summed E-state index contributed by atoms with van der Waals surface area (Å²) in [6.45, 7) is 1.97. The molecule has 2 saturated heterocycles. The van der Waals surface area contributed by atoms with Gasteiger partial charge in [0, 0.05) is 18.1 Å². The summed E-state index contributed by atoms with van der Waals surface area (Å²) in [6.07, 6.45) is 5.12. The maximum Gasteiger partial charge on any atom is 0.123 e. The number of aryl methyl sites for hydroxylation is 1. The van der Waals surface area contributed by atoms with Gasteiger partial charge in [-0.3, -0.25) is 0 Å². The molecule has 1 aromatic rings. The highest BCUT2D eigenvalue weighted by molar-refractivity contribution is 5.27. The third-order valence-corrected chi connectivity index (χ3v) is 5.34. The standard InChI is InChI=1S/C17H25FN2/c1-11-6-12(8-14(18)7-11)17(19-2)13-9-15-4-5-16(10-13)20(15)3/h6-8,13,15-17,19H,4-5,9-10H2,1-3H3. The summed E-state index contributed by atoms with van der Waals surface area (Å²) in [4.78, 5) is 2.56. The van der Waals surface area contributed by atoms with Crippen molar-refractivity contribution in [2.75, 3.05) is 14.1 Å². The van der Waals surface area contributed by atoms with E-state index in [4.69, 9.17) is 0 Å². The Hall–Kier alpha value is -0.930. The zero-order valence-electron chi connectivity index (χ0n) is 12.7. The molecule has 1 N–H and O–H groups in total. The molecule has 3 heteroatoms. The summed E-state index contributed by atoms with van der Waals surface area (Å²) in [5.74, 6) is 0.506. The normalized spacial score (nSPS) is 31.5. The molecule has 2 fully saturated rings. The molecule has 0 saturated carbocycles. The lowest BCUT2D eigenvalue weighted by Crippen LogP contribution is -2.43. The zero-order chi connectivity index (χ0) is 14.3. The number of halogens is 1. The third-order valence-electron chi connectivity index (χ3n) is 5.34. The number of hydrogen-bond acceptors (Lipinski definition) is 2. The minimum absolute atomic E-state index is 0.115. The van der Waals surface area contributed by atoms with Gasteiger partial charge in [-0.05, 0) is 75.9 Å². The van der Waals surface area contributed by atoms with Crippen LogP contribution in [-0.2, 0) is 0 Å². The van der Waals surface area contributed by atoms with E-state index in [0.29, 0.717) is 5.92 Å². The quantitative estimate of drug-likeness (QED) is 0.911. The monoisotopic (exact) mass is 276 g/mol. The van der Waals surface area contributed by atoms with Gasteiger partial charge in [0.2, 0.25) is 0 Å². The molecule has 0 spiro atoms. The first kappa shape index (κ1) is 14.0. The van der Waals surface area contributed by atoms with E-state index in [2.05, 4.69) is 23.3 Å². The molecule has 3 atom stereocenters. The Balaban J connectivity index is 1.83. The van der Waals surface area contributed by atoms with Gasteiger partial charge in [-0.2, -0.15) is 0 Å². The summed E-state index contributed by atoms with van der Waals surface area (Å²) < 4.78 is 13.7. The van der Waals surface area contributed by atoms with E-state index in [9.17, 15) is 4.39 Å². The molecule has 2 heterocycles. The Morgan fingerprint density at radius 1 is 1.20 bits per heavy atom. The molecule has 3 rings (SSSR count). The predicted octanol–water partition coefficient (Wildman–Crippen LogP) is 3.27. The van der Waals surface area contributed by atoms with Gasteiger partial charge in [-0.25, -0.2) is 4.39 Å². The van der Waals surface area contributed by atoms with Crippen LogP contribution < -0.4 is 5.32 Å². The molecule has 0 aromatic heterocycles. The van der Waals surface area contributed by atoms with Crippen molar-refractivity contribution in [3.8, 4) is 0 Å². The minimum atomic E-state index is -0.115. The van der Waals surface area contributed by atoms with E-state index < -0.39 is 0 Å². The second-order valence-electron chi connectivity index (χ2n) is 6.61. The first-order valence-electron chi connectivity index (χ1n) is 7.74. The summed E-state index contributed by atoms with van der Waals surface area (Å²) in [6, 6.07) is 7.17. The number of nitrogens with zero attached hydrogens (tertiary/aromatic N) is 1. The van der Waals surface area contributed by atoms with Crippen molar-refractivity contribution in [3.05, 3.63) is 35.1 Å². The molecule has 3 unspecified atom stereocenters. The maximum atomic E-state index is 13.7. The van der Waals surface area contributed by atoms with Gasteiger partial charge < -0.3 is 10.2 Å². The van der Waals surface area contributed by atoms with Crippen molar-refractivity contribution in [1.82, 2.24) is 10.2 Å². The van der Waals surface area contributed by atoms with Crippen LogP contribution in [0.1, 0.15) is 42.9 Å². The van der Waals surface area contributed by atoms with Gasteiger partial charge >= 0.3 is 0 Å². The van der Waals surface area contributed by atoms with Crippen molar-refractivity contribution < 1.29 is 4.39 Å². The largest absolute Gasteiger partial charge is 0.313 e. The Morgan fingerprint density at radius 3 is 2.40 bits per heavy atom. The summed E-state index contributed by atoms with van der Waals surface area (Å²) in [7, 11) is 4.27. The molecule has 2 aliphatic heterocycles. The molecule has 1 aromatic carbocycles. The van der Waals surface area contributed by atoms with Crippen LogP contribution in [-0.4, -0.2) is 31.1 Å². The topological polar surface area (TPSA) is 15.3 Å². The molecular weight excluding hydrogens is 251 g/mol. The van der Waals surface area contributed by atoms with Crippen molar-refractivity contribution in [2.24, 2.45) is 5.92 Å². The van der Waals surface area contributed by atoms with Gasteiger partial charge in [0.1, 0.15) is 5.82 Å². The van der Waals surface area contributed by atoms with E-state index in [0.717, 1.165) is 23.2 Å². The number of fused-ring (bicyclic) bond motifs is 2. The lowest BCUT2D eigenvalue weighted by atomic mass is 9.82. The summed E-state index contributed by atoms with van der Waals surface area (Å²) in [5.41, 5.74) is 2.12. The van der Waals surface area contributed by atoms with Crippen LogP contribution in [0.25, 0.3) is 0 Å². The van der Waals surface area contributed by atoms with Crippen LogP contribution in [0.3, 0.4) is 0 Å². The predicted molar refractivity (Wildman–Crippen MR) is 80.2 cm³/mol. The first-order chi connectivity index (χ1) is 9.58. The molecule has 0 amide bonds. The SMILES string of the molecule is CNC(c1cc(C)cc(F)c1)C1CC2CCC(C1)N2C. The lowest BCUT2D eigenvalue weighted by Gasteiger charge is -2.40. The smallest absolute Gasteiger partial charge is 0.123 e. The fraction of sp³-hybridized carbons (Fsp3) is 0.647. The number of nitrogens with one attached hydrogen (secondary N) is 1. The van der Waals surface area contributed by atoms with Gasteiger partial charge in [0.15, 0.2) is 0 Å². The van der Waals surface area contributed by atoms with Crippen LogP contribution in [0.4, 0.5) is 4.39 Å². The maximum absolute atomic E-state index is 13.7. The van der Waals surface area contributed by atoms with E-state index in [1.54, 1.807) is 12.1 Å². The fourth-order valence-electron chi connectivity index (χ4n) is 4.34. The Labute approximate surface area is 121 Å². The van der Waals surface area contributed by atoms with Crippen LogP contribution in [0.5, 0.6) is 0 Å². The Morgan fingerprint density at radius 2 is 1.85 bits per heavy atom. The van der Waals surface area contributed by atoms with Crippen LogP contribution >= 0.6 is 0 Å². The fourth-order valence-corrected chi connectivity index (χ4v) is 4.34. The number of piperidine rings is 1. The highest BCUT2D eigenvalue weighted by Gasteiger charge is 2.41. The lowest BCUT2D eigenvalue weighted by molar-refractivity contribution is 0.114.